The average molecular weight is 430 g/mol. The summed E-state index contributed by atoms with van der Waals surface area (Å²) < 4.78 is 50.3. The van der Waals surface area contributed by atoms with Crippen LogP contribution < -0.4 is 14.2 Å². The molecule has 0 atom stereocenters. The van der Waals surface area contributed by atoms with Gasteiger partial charge in [-0.3, -0.25) is 0 Å². The molecule has 0 spiro atoms. The van der Waals surface area contributed by atoms with Crippen molar-refractivity contribution < 1.29 is 32.0 Å². The first kappa shape index (κ1) is 20.3. The van der Waals surface area contributed by atoms with Crippen molar-refractivity contribution in [1.82, 2.24) is 20.3 Å². The average Bonchev–Trinajstić information content (AvgIpc) is 3.41. The fourth-order valence-corrected chi connectivity index (χ4v) is 2.72. The summed E-state index contributed by atoms with van der Waals surface area (Å²) in [6, 6.07) is 11.5. The van der Waals surface area contributed by atoms with E-state index in [9.17, 15) is 8.78 Å². The first-order valence-corrected chi connectivity index (χ1v) is 9.01. The molecule has 0 fully saturated rings. The molecule has 11 heteroatoms. The van der Waals surface area contributed by atoms with Crippen molar-refractivity contribution in [3.63, 3.8) is 0 Å². The maximum atomic E-state index is 12.5. The third kappa shape index (κ3) is 4.77. The van der Waals surface area contributed by atoms with E-state index >= 15 is 0 Å². The molecule has 0 saturated heterocycles. The van der Waals surface area contributed by atoms with Crippen LogP contribution in [0.3, 0.4) is 0 Å². The van der Waals surface area contributed by atoms with Crippen LogP contribution in [0.25, 0.3) is 22.8 Å². The third-order valence-corrected chi connectivity index (χ3v) is 4.09. The topological polar surface area (TPSA) is 106 Å². The minimum absolute atomic E-state index is 0.0193. The van der Waals surface area contributed by atoms with Crippen LogP contribution in [0.2, 0.25) is 0 Å². The van der Waals surface area contributed by atoms with Crippen LogP contribution in [0.1, 0.15) is 11.8 Å². The van der Waals surface area contributed by atoms with Gasteiger partial charge in [0.15, 0.2) is 18.1 Å². The molecular weight excluding hydrogens is 414 g/mol. The van der Waals surface area contributed by atoms with Crippen molar-refractivity contribution in [3.8, 4) is 40.0 Å². The molecule has 0 saturated carbocycles. The van der Waals surface area contributed by atoms with E-state index in [1.807, 2.05) is 6.07 Å². The molecule has 160 valence electrons. The van der Waals surface area contributed by atoms with E-state index < -0.39 is 6.61 Å². The first-order chi connectivity index (χ1) is 15.0. The molecular formula is C20H16F2N4O5. The molecule has 31 heavy (non-hydrogen) atoms. The van der Waals surface area contributed by atoms with Gasteiger partial charge < -0.3 is 23.3 Å². The zero-order chi connectivity index (χ0) is 21.8. The second-order valence-electron chi connectivity index (χ2n) is 6.21. The molecule has 0 amide bonds. The number of halogens is 2. The number of aryl methyl sites for hydroxylation is 1. The summed E-state index contributed by atoms with van der Waals surface area (Å²) in [5, 5.41) is 7.76. The van der Waals surface area contributed by atoms with Crippen LogP contribution in [0.4, 0.5) is 8.78 Å². The molecule has 0 N–H and O–H groups in total. The van der Waals surface area contributed by atoms with E-state index in [0.717, 1.165) is 5.56 Å². The highest BCUT2D eigenvalue weighted by molar-refractivity contribution is 5.60. The van der Waals surface area contributed by atoms with Gasteiger partial charge in [-0.2, -0.15) is 18.7 Å². The maximum absolute atomic E-state index is 12.5. The van der Waals surface area contributed by atoms with Crippen molar-refractivity contribution in [2.75, 3.05) is 7.11 Å². The highest BCUT2D eigenvalue weighted by atomic mass is 19.3. The Morgan fingerprint density at radius 1 is 0.935 bits per heavy atom. The number of aromatic nitrogens is 4. The number of rotatable bonds is 8. The molecule has 2 heterocycles. The minimum atomic E-state index is -2.96. The summed E-state index contributed by atoms with van der Waals surface area (Å²) in [7, 11) is 1.34. The Morgan fingerprint density at radius 2 is 1.71 bits per heavy atom. The largest absolute Gasteiger partial charge is 0.493 e. The van der Waals surface area contributed by atoms with Gasteiger partial charge in [-0.1, -0.05) is 22.4 Å². The Bertz CT molecular complexity index is 1180. The third-order valence-electron chi connectivity index (χ3n) is 4.09. The van der Waals surface area contributed by atoms with Gasteiger partial charge in [0, 0.05) is 18.1 Å². The summed E-state index contributed by atoms with van der Waals surface area (Å²) in [4.78, 5) is 8.44. The van der Waals surface area contributed by atoms with Crippen molar-refractivity contribution in [2.45, 2.75) is 20.1 Å². The minimum Gasteiger partial charge on any atom is -0.493 e. The van der Waals surface area contributed by atoms with E-state index in [-0.39, 0.29) is 29.8 Å². The van der Waals surface area contributed by atoms with Crippen molar-refractivity contribution in [2.24, 2.45) is 0 Å². The zero-order valence-electron chi connectivity index (χ0n) is 16.4. The van der Waals surface area contributed by atoms with E-state index in [1.54, 1.807) is 25.1 Å². The number of alkyl halides is 2. The Labute approximate surface area is 174 Å². The number of methoxy groups -OCH3 is 1. The molecule has 0 aliphatic heterocycles. The van der Waals surface area contributed by atoms with Crippen LogP contribution in [0.15, 0.2) is 51.5 Å². The molecule has 0 unspecified atom stereocenters. The van der Waals surface area contributed by atoms with Gasteiger partial charge >= 0.3 is 6.61 Å². The first-order valence-electron chi connectivity index (χ1n) is 9.01. The molecule has 2 aromatic carbocycles. The quantitative estimate of drug-likeness (QED) is 0.405. The number of hydrogen-bond acceptors (Lipinski definition) is 9. The lowest BCUT2D eigenvalue weighted by molar-refractivity contribution is -0.0512. The summed E-state index contributed by atoms with van der Waals surface area (Å²) >= 11 is 0. The van der Waals surface area contributed by atoms with E-state index in [4.69, 9.17) is 18.5 Å². The van der Waals surface area contributed by atoms with Crippen LogP contribution in [0, 0.1) is 6.92 Å². The number of nitrogens with zero attached hydrogens (tertiary/aromatic N) is 4. The van der Waals surface area contributed by atoms with Gasteiger partial charge in [0.1, 0.15) is 5.75 Å². The second kappa shape index (κ2) is 8.78. The highest BCUT2D eigenvalue weighted by Gasteiger charge is 2.15. The number of ether oxygens (including phenoxy) is 3. The predicted octanol–water partition coefficient (Wildman–Crippen LogP) is 4.28. The summed E-state index contributed by atoms with van der Waals surface area (Å²) in [5.41, 5.74) is 1.24. The summed E-state index contributed by atoms with van der Waals surface area (Å²) in [5.74, 6) is 1.97. The lowest BCUT2D eigenvalue weighted by Gasteiger charge is -2.10. The van der Waals surface area contributed by atoms with Gasteiger partial charge in [0.2, 0.25) is 17.5 Å². The van der Waals surface area contributed by atoms with Crippen LogP contribution >= 0.6 is 0 Å². The van der Waals surface area contributed by atoms with Gasteiger partial charge in [-0.25, -0.2) is 0 Å². The van der Waals surface area contributed by atoms with Gasteiger partial charge in [0.05, 0.1) is 7.11 Å². The van der Waals surface area contributed by atoms with Gasteiger partial charge in [-0.15, -0.1) is 0 Å². The van der Waals surface area contributed by atoms with Crippen LogP contribution in [-0.4, -0.2) is 34.0 Å². The Balaban J connectivity index is 1.45. The Kier molecular flexibility index (Phi) is 5.74. The second-order valence-corrected chi connectivity index (χ2v) is 6.21. The van der Waals surface area contributed by atoms with E-state index in [1.165, 1.54) is 25.3 Å². The molecule has 0 aliphatic rings. The van der Waals surface area contributed by atoms with Crippen LogP contribution in [0.5, 0.6) is 17.2 Å². The lowest BCUT2D eigenvalue weighted by Crippen LogP contribution is -2.03. The van der Waals surface area contributed by atoms with Gasteiger partial charge in [0.25, 0.3) is 5.89 Å². The van der Waals surface area contributed by atoms with Crippen LogP contribution in [-0.2, 0) is 6.61 Å². The fraction of sp³-hybridized carbons (Fsp3) is 0.200. The summed E-state index contributed by atoms with van der Waals surface area (Å²) in [6.07, 6.45) is 0. The van der Waals surface area contributed by atoms with E-state index in [2.05, 4.69) is 25.0 Å². The molecule has 0 aliphatic carbocycles. The van der Waals surface area contributed by atoms with E-state index in [0.29, 0.717) is 23.0 Å². The van der Waals surface area contributed by atoms with Crippen molar-refractivity contribution >= 4 is 0 Å². The Morgan fingerprint density at radius 3 is 2.45 bits per heavy atom. The van der Waals surface area contributed by atoms with Gasteiger partial charge in [-0.05, 0) is 30.3 Å². The molecule has 4 aromatic rings. The SMILES string of the molecule is COc1cc(-c2noc(COc3cccc(-c4noc(C)n4)c3)n2)ccc1OC(F)F. The number of hydrogen-bond donors (Lipinski definition) is 0. The smallest absolute Gasteiger partial charge is 0.387 e. The predicted molar refractivity (Wildman–Crippen MR) is 102 cm³/mol. The maximum Gasteiger partial charge on any atom is 0.387 e. The normalized spacial score (nSPS) is 11.0. The lowest BCUT2D eigenvalue weighted by atomic mass is 10.2. The zero-order valence-corrected chi connectivity index (χ0v) is 16.4. The Hall–Kier alpha value is -4.02. The molecule has 0 bridgehead atoms. The molecule has 2 aromatic heterocycles. The van der Waals surface area contributed by atoms with Crippen molar-refractivity contribution in [1.29, 1.82) is 0 Å². The molecule has 9 nitrogen and oxygen atoms in total. The number of benzene rings is 2. The fourth-order valence-electron chi connectivity index (χ4n) is 2.72. The van der Waals surface area contributed by atoms with Crippen molar-refractivity contribution in [3.05, 3.63) is 54.2 Å². The monoisotopic (exact) mass is 430 g/mol. The summed E-state index contributed by atoms with van der Waals surface area (Å²) in [6.45, 7) is -1.24. The highest BCUT2D eigenvalue weighted by Crippen LogP contribution is 2.32. The molecule has 0 radical (unpaired) electrons. The standard InChI is InChI=1S/C20H16F2N4O5/c1-11-23-18(25-30-11)12-4-3-5-14(8-12)28-10-17-24-19(26-31-17)13-6-7-15(29-20(21)22)16(9-13)27-2/h3-9,20H,10H2,1-2H3. The molecule has 4 rings (SSSR count).